The van der Waals surface area contributed by atoms with Gasteiger partial charge in [-0.15, -0.1) is 0 Å². The highest BCUT2D eigenvalue weighted by Gasteiger charge is 2.13. The van der Waals surface area contributed by atoms with Gasteiger partial charge in [-0.3, -0.25) is 0 Å². The second kappa shape index (κ2) is 6.48. The number of nitrogens with two attached hydrogens (primary N) is 1. The molecule has 0 aliphatic heterocycles. The quantitative estimate of drug-likeness (QED) is 0.803. The molecule has 112 valence electrons. The van der Waals surface area contributed by atoms with Crippen molar-refractivity contribution in [3.8, 4) is 5.75 Å². The van der Waals surface area contributed by atoms with Gasteiger partial charge in [0.15, 0.2) is 0 Å². The summed E-state index contributed by atoms with van der Waals surface area (Å²) in [5.41, 5.74) is 7.99. The maximum absolute atomic E-state index is 13.8. The zero-order chi connectivity index (χ0) is 15.4. The Labute approximate surface area is 124 Å². The van der Waals surface area contributed by atoms with Crippen LogP contribution in [-0.4, -0.2) is 6.10 Å². The first-order valence-corrected chi connectivity index (χ1v) is 7.05. The van der Waals surface area contributed by atoms with Gasteiger partial charge in [-0.05, 0) is 39.0 Å². The van der Waals surface area contributed by atoms with Gasteiger partial charge in [0.1, 0.15) is 11.6 Å². The Hall–Kier alpha value is -2.23. The summed E-state index contributed by atoms with van der Waals surface area (Å²) in [5, 5.41) is 3.24. The van der Waals surface area contributed by atoms with E-state index in [0.29, 0.717) is 17.0 Å². The van der Waals surface area contributed by atoms with Crippen molar-refractivity contribution in [1.82, 2.24) is 0 Å². The molecule has 3 nitrogen and oxygen atoms in total. The lowest BCUT2D eigenvalue weighted by atomic mass is 10.1. The third-order valence-corrected chi connectivity index (χ3v) is 3.17. The first-order chi connectivity index (χ1) is 9.99. The molecule has 0 amide bonds. The highest BCUT2D eigenvalue weighted by atomic mass is 19.1. The molecule has 0 aliphatic carbocycles. The molecule has 0 radical (unpaired) electrons. The average Bonchev–Trinajstić information content (AvgIpc) is 2.43. The predicted octanol–water partition coefficient (Wildman–Crippen LogP) is 4.37. The van der Waals surface area contributed by atoms with Crippen LogP contribution in [0, 0.1) is 5.82 Å². The van der Waals surface area contributed by atoms with Gasteiger partial charge in [-0.2, -0.15) is 0 Å². The number of hydrogen-bond acceptors (Lipinski definition) is 3. The maximum atomic E-state index is 13.8. The number of rotatable bonds is 5. The molecule has 3 N–H and O–H groups in total. The van der Waals surface area contributed by atoms with Gasteiger partial charge < -0.3 is 15.8 Å². The number of benzene rings is 2. The van der Waals surface area contributed by atoms with E-state index in [9.17, 15) is 4.39 Å². The van der Waals surface area contributed by atoms with E-state index in [1.165, 1.54) is 6.07 Å². The molecule has 0 spiro atoms. The molecular weight excluding hydrogens is 267 g/mol. The number of nitrogen functional groups attached to an aromatic ring is 1. The molecule has 0 fully saturated rings. The number of nitrogens with one attached hydrogen (secondary N) is 1. The monoisotopic (exact) mass is 288 g/mol. The Bertz CT molecular complexity index is 613. The van der Waals surface area contributed by atoms with Crippen LogP contribution in [0.3, 0.4) is 0 Å². The van der Waals surface area contributed by atoms with E-state index >= 15 is 0 Å². The van der Waals surface area contributed by atoms with E-state index in [1.807, 2.05) is 45.0 Å². The number of anilines is 2. The highest BCUT2D eigenvalue weighted by Crippen LogP contribution is 2.32. The Balaban J connectivity index is 2.22. The van der Waals surface area contributed by atoms with Crippen molar-refractivity contribution in [3.05, 3.63) is 53.8 Å². The molecule has 1 unspecified atom stereocenters. The smallest absolute Gasteiger partial charge is 0.144 e. The van der Waals surface area contributed by atoms with Crippen LogP contribution in [0.5, 0.6) is 5.75 Å². The number of hydrogen-bond donors (Lipinski definition) is 2. The number of halogens is 1. The molecular formula is C17H21FN2O. The van der Waals surface area contributed by atoms with Gasteiger partial charge in [0, 0.05) is 5.56 Å². The fraction of sp³-hybridized carbons (Fsp3) is 0.294. The van der Waals surface area contributed by atoms with E-state index in [0.717, 1.165) is 5.69 Å². The maximum Gasteiger partial charge on any atom is 0.144 e. The van der Waals surface area contributed by atoms with Crippen molar-refractivity contribution >= 4 is 11.4 Å². The minimum Gasteiger partial charge on any atom is -0.489 e. The lowest BCUT2D eigenvalue weighted by Gasteiger charge is -2.20. The molecule has 0 saturated heterocycles. The van der Waals surface area contributed by atoms with Crippen LogP contribution in [-0.2, 0) is 0 Å². The van der Waals surface area contributed by atoms with Gasteiger partial charge in [-0.1, -0.05) is 24.3 Å². The normalized spacial score (nSPS) is 12.2. The first kappa shape index (κ1) is 15.2. The molecule has 2 rings (SSSR count). The highest BCUT2D eigenvalue weighted by molar-refractivity contribution is 5.73. The van der Waals surface area contributed by atoms with Crippen molar-refractivity contribution in [1.29, 1.82) is 0 Å². The fourth-order valence-corrected chi connectivity index (χ4v) is 2.16. The summed E-state index contributed by atoms with van der Waals surface area (Å²) in [4.78, 5) is 0. The minimum atomic E-state index is -0.231. The topological polar surface area (TPSA) is 47.3 Å². The van der Waals surface area contributed by atoms with E-state index in [-0.39, 0.29) is 18.0 Å². The lowest BCUT2D eigenvalue weighted by molar-refractivity contribution is 0.244. The Morgan fingerprint density at radius 2 is 1.76 bits per heavy atom. The van der Waals surface area contributed by atoms with E-state index in [4.69, 9.17) is 10.5 Å². The van der Waals surface area contributed by atoms with E-state index in [1.54, 1.807) is 12.1 Å². The second-order valence-electron chi connectivity index (χ2n) is 5.27. The summed E-state index contributed by atoms with van der Waals surface area (Å²) in [5.74, 6) is 0.404. The van der Waals surface area contributed by atoms with Gasteiger partial charge in [0.25, 0.3) is 0 Å². The van der Waals surface area contributed by atoms with Crippen LogP contribution in [0.1, 0.15) is 32.4 Å². The molecule has 0 heterocycles. The van der Waals surface area contributed by atoms with Crippen molar-refractivity contribution in [2.24, 2.45) is 0 Å². The fourth-order valence-electron chi connectivity index (χ4n) is 2.16. The van der Waals surface area contributed by atoms with Gasteiger partial charge in [0.05, 0.1) is 23.5 Å². The van der Waals surface area contributed by atoms with E-state index in [2.05, 4.69) is 5.32 Å². The Morgan fingerprint density at radius 3 is 2.43 bits per heavy atom. The standard InChI is InChI=1S/C17H21FN2O/c1-11(2)21-16-10-6-9-15(17(16)19)20-12(3)13-7-4-5-8-14(13)18/h4-12,20H,19H2,1-3H3. The Kier molecular flexibility index (Phi) is 4.68. The summed E-state index contributed by atoms with van der Waals surface area (Å²) in [7, 11) is 0. The van der Waals surface area contributed by atoms with Crippen LogP contribution in [0.4, 0.5) is 15.8 Å². The summed E-state index contributed by atoms with van der Waals surface area (Å²) in [6, 6.07) is 12.1. The summed E-state index contributed by atoms with van der Waals surface area (Å²) in [6.45, 7) is 5.79. The van der Waals surface area contributed by atoms with Crippen LogP contribution in [0.15, 0.2) is 42.5 Å². The first-order valence-electron chi connectivity index (χ1n) is 7.05. The SMILES string of the molecule is CC(C)Oc1cccc(NC(C)c2ccccc2F)c1N. The zero-order valence-corrected chi connectivity index (χ0v) is 12.6. The van der Waals surface area contributed by atoms with Crippen LogP contribution in [0.25, 0.3) is 0 Å². The largest absolute Gasteiger partial charge is 0.489 e. The van der Waals surface area contributed by atoms with Gasteiger partial charge >= 0.3 is 0 Å². The summed E-state index contributed by atoms with van der Waals surface area (Å²) < 4.78 is 19.5. The molecule has 2 aromatic carbocycles. The van der Waals surface area contributed by atoms with Crippen molar-refractivity contribution in [3.63, 3.8) is 0 Å². The molecule has 0 bridgehead atoms. The lowest BCUT2D eigenvalue weighted by Crippen LogP contribution is -2.12. The molecule has 0 saturated carbocycles. The van der Waals surface area contributed by atoms with Gasteiger partial charge in [0.2, 0.25) is 0 Å². The van der Waals surface area contributed by atoms with Crippen LogP contribution >= 0.6 is 0 Å². The molecule has 0 aliphatic rings. The third kappa shape index (κ3) is 3.66. The summed E-state index contributed by atoms with van der Waals surface area (Å²) in [6.07, 6.45) is 0.0477. The van der Waals surface area contributed by atoms with Gasteiger partial charge in [-0.25, -0.2) is 4.39 Å². The molecule has 4 heteroatoms. The third-order valence-electron chi connectivity index (χ3n) is 3.17. The summed E-state index contributed by atoms with van der Waals surface area (Å²) >= 11 is 0. The van der Waals surface area contributed by atoms with Crippen LogP contribution < -0.4 is 15.8 Å². The van der Waals surface area contributed by atoms with E-state index < -0.39 is 0 Å². The van der Waals surface area contributed by atoms with Crippen LogP contribution in [0.2, 0.25) is 0 Å². The number of para-hydroxylation sites is 1. The number of ether oxygens (including phenoxy) is 1. The second-order valence-corrected chi connectivity index (χ2v) is 5.27. The Morgan fingerprint density at radius 1 is 1.05 bits per heavy atom. The van der Waals surface area contributed by atoms with Crippen molar-refractivity contribution in [2.75, 3.05) is 11.1 Å². The molecule has 1 atom stereocenters. The average molecular weight is 288 g/mol. The molecule has 2 aromatic rings. The van der Waals surface area contributed by atoms with Crippen molar-refractivity contribution in [2.45, 2.75) is 32.9 Å². The minimum absolute atomic E-state index is 0.0477. The zero-order valence-electron chi connectivity index (χ0n) is 12.6. The predicted molar refractivity (Wildman–Crippen MR) is 85.1 cm³/mol. The molecule has 21 heavy (non-hydrogen) atoms. The molecule has 0 aromatic heterocycles. The van der Waals surface area contributed by atoms with Crippen molar-refractivity contribution < 1.29 is 9.13 Å².